The van der Waals surface area contributed by atoms with Gasteiger partial charge < -0.3 is 24.6 Å². The fourth-order valence-electron chi connectivity index (χ4n) is 3.67. The van der Waals surface area contributed by atoms with Crippen LogP contribution in [0, 0.1) is 0 Å². The van der Waals surface area contributed by atoms with E-state index in [2.05, 4.69) is 30.4 Å². The summed E-state index contributed by atoms with van der Waals surface area (Å²) < 4.78 is 10.5. The zero-order chi connectivity index (χ0) is 23.7. The van der Waals surface area contributed by atoms with Crippen LogP contribution in [0.4, 0.5) is 11.8 Å². The lowest BCUT2D eigenvalue weighted by Gasteiger charge is -2.16. The van der Waals surface area contributed by atoms with Crippen molar-refractivity contribution in [1.82, 2.24) is 30.0 Å². The number of nitrogens with one attached hydrogen (secondary N) is 1. The first kappa shape index (κ1) is 21.5. The number of hydrogen-bond donors (Lipinski definition) is 2. The maximum absolute atomic E-state index is 12.4. The molecule has 0 spiro atoms. The van der Waals surface area contributed by atoms with E-state index in [0.29, 0.717) is 47.0 Å². The lowest BCUT2D eigenvalue weighted by atomic mass is 9.98. The SMILES string of the molecule is COc1cccc(Nc2nccc(-c3cccc(-c4cc(C5(O)CCN(C)C5=O)on4)n3)n2)n1. The smallest absolute Gasteiger partial charge is 0.262 e. The first-order valence-electron chi connectivity index (χ1n) is 10.5. The molecule has 0 radical (unpaired) electrons. The highest BCUT2D eigenvalue weighted by Crippen LogP contribution is 2.34. The van der Waals surface area contributed by atoms with Crippen molar-refractivity contribution in [3.63, 3.8) is 0 Å². The molecule has 1 unspecified atom stereocenters. The molecule has 1 aliphatic rings. The predicted molar refractivity (Wildman–Crippen MR) is 121 cm³/mol. The summed E-state index contributed by atoms with van der Waals surface area (Å²) in [5.41, 5.74) is 0.371. The Labute approximate surface area is 194 Å². The van der Waals surface area contributed by atoms with Gasteiger partial charge in [0.1, 0.15) is 11.5 Å². The van der Waals surface area contributed by atoms with Gasteiger partial charge in [-0.25, -0.2) is 15.0 Å². The van der Waals surface area contributed by atoms with E-state index in [0.717, 1.165) is 0 Å². The van der Waals surface area contributed by atoms with Gasteiger partial charge in [0, 0.05) is 38.3 Å². The molecule has 0 aliphatic carbocycles. The first-order chi connectivity index (χ1) is 16.5. The zero-order valence-corrected chi connectivity index (χ0v) is 18.5. The Balaban J connectivity index is 1.40. The van der Waals surface area contributed by atoms with E-state index < -0.39 is 11.5 Å². The molecule has 1 atom stereocenters. The molecule has 172 valence electrons. The van der Waals surface area contributed by atoms with Crippen LogP contribution in [0.2, 0.25) is 0 Å². The maximum atomic E-state index is 12.4. The lowest BCUT2D eigenvalue weighted by molar-refractivity contribution is -0.144. The van der Waals surface area contributed by atoms with Gasteiger partial charge >= 0.3 is 0 Å². The van der Waals surface area contributed by atoms with Crippen molar-refractivity contribution in [2.75, 3.05) is 26.0 Å². The highest BCUT2D eigenvalue weighted by Gasteiger charge is 2.48. The quantitative estimate of drug-likeness (QED) is 0.442. The van der Waals surface area contributed by atoms with E-state index in [1.807, 2.05) is 18.2 Å². The standard InChI is InChI=1S/C23H21N7O4/c1-30-12-10-23(32,21(30)31)18-13-17(29-34-18)15-6-3-5-14(25-15)16-9-11-24-22(26-16)28-19-7-4-8-20(27-19)33-2/h3-9,11,13,32H,10,12H2,1-2H3,(H,24,26,27,28). The summed E-state index contributed by atoms with van der Waals surface area (Å²) in [5.74, 6) is 1.04. The molecule has 4 aromatic heterocycles. The van der Waals surface area contributed by atoms with Gasteiger partial charge in [0.15, 0.2) is 5.76 Å². The third-order valence-corrected chi connectivity index (χ3v) is 5.53. The number of carbonyl (C=O) groups is 1. The second-order valence-corrected chi connectivity index (χ2v) is 7.78. The largest absolute Gasteiger partial charge is 0.481 e. The molecule has 0 saturated carbocycles. The van der Waals surface area contributed by atoms with Crippen molar-refractivity contribution in [3.05, 3.63) is 60.5 Å². The number of nitrogens with zero attached hydrogens (tertiary/aromatic N) is 6. The number of hydrogen-bond acceptors (Lipinski definition) is 10. The van der Waals surface area contributed by atoms with Gasteiger partial charge in [-0.3, -0.25) is 4.79 Å². The molecule has 1 fully saturated rings. The van der Waals surface area contributed by atoms with E-state index >= 15 is 0 Å². The summed E-state index contributed by atoms with van der Waals surface area (Å²) in [6, 6.07) is 14.0. The summed E-state index contributed by atoms with van der Waals surface area (Å²) in [4.78, 5) is 31.5. The Hall–Kier alpha value is -4.38. The number of aliphatic hydroxyl groups is 1. The average Bonchev–Trinajstić information content (AvgIpc) is 3.47. The molecule has 4 aromatic rings. The van der Waals surface area contributed by atoms with Crippen LogP contribution in [-0.2, 0) is 10.4 Å². The van der Waals surface area contributed by atoms with E-state index in [1.165, 1.54) is 4.90 Å². The molecule has 11 heteroatoms. The Morgan fingerprint density at radius 3 is 2.59 bits per heavy atom. The summed E-state index contributed by atoms with van der Waals surface area (Å²) >= 11 is 0. The Morgan fingerprint density at radius 2 is 1.82 bits per heavy atom. The zero-order valence-electron chi connectivity index (χ0n) is 18.5. The lowest BCUT2D eigenvalue weighted by Crippen LogP contribution is -2.35. The highest BCUT2D eigenvalue weighted by molar-refractivity contribution is 5.87. The number of pyridine rings is 2. The summed E-state index contributed by atoms with van der Waals surface area (Å²) in [6.45, 7) is 0.439. The molecule has 2 N–H and O–H groups in total. The van der Waals surface area contributed by atoms with Gasteiger partial charge in [-0.1, -0.05) is 17.3 Å². The van der Waals surface area contributed by atoms with Gasteiger partial charge in [-0.2, -0.15) is 4.98 Å². The number of methoxy groups -OCH3 is 1. The van der Waals surface area contributed by atoms with Crippen LogP contribution in [0.15, 0.2) is 59.3 Å². The monoisotopic (exact) mass is 459 g/mol. The molecule has 1 amide bonds. The molecule has 0 bridgehead atoms. The van der Waals surface area contributed by atoms with Gasteiger partial charge in [0.25, 0.3) is 5.91 Å². The topological polar surface area (TPSA) is 139 Å². The molecule has 1 aliphatic heterocycles. The van der Waals surface area contributed by atoms with Crippen LogP contribution in [0.25, 0.3) is 22.8 Å². The second-order valence-electron chi connectivity index (χ2n) is 7.78. The molecule has 34 heavy (non-hydrogen) atoms. The summed E-state index contributed by atoms with van der Waals surface area (Å²) in [5, 5.41) is 17.9. The Bertz CT molecular complexity index is 1360. The van der Waals surface area contributed by atoms with Gasteiger partial charge in [0.05, 0.1) is 24.2 Å². The van der Waals surface area contributed by atoms with Crippen LogP contribution in [0.3, 0.4) is 0 Å². The molecule has 5 rings (SSSR count). The van der Waals surface area contributed by atoms with Crippen molar-refractivity contribution in [2.24, 2.45) is 0 Å². The van der Waals surface area contributed by atoms with Crippen LogP contribution in [0.5, 0.6) is 5.88 Å². The van der Waals surface area contributed by atoms with Gasteiger partial charge in [-0.05, 0) is 24.3 Å². The van der Waals surface area contributed by atoms with E-state index in [4.69, 9.17) is 9.26 Å². The normalized spacial score (nSPS) is 17.7. The number of anilines is 2. The second kappa shape index (κ2) is 8.52. The van der Waals surface area contributed by atoms with Crippen molar-refractivity contribution >= 4 is 17.7 Å². The molecule has 1 saturated heterocycles. The number of amides is 1. The van der Waals surface area contributed by atoms with Crippen LogP contribution in [-0.4, -0.2) is 61.7 Å². The van der Waals surface area contributed by atoms with E-state index in [9.17, 15) is 9.90 Å². The molecular weight excluding hydrogens is 438 g/mol. The minimum absolute atomic E-state index is 0.100. The number of rotatable bonds is 6. The molecular formula is C23H21N7O4. The van der Waals surface area contributed by atoms with Crippen molar-refractivity contribution in [1.29, 1.82) is 0 Å². The average molecular weight is 459 g/mol. The highest BCUT2D eigenvalue weighted by atomic mass is 16.5. The maximum Gasteiger partial charge on any atom is 0.262 e. The number of carbonyl (C=O) groups excluding carboxylic acids is 1. The van der Waals surface area contributed by atoms with Crippen molar-refractivity contribution < 1.29 is 19.2 Å². The fourth-order valence-corrected chi connectivity index (χ4v) is 3.67. The third kappa shape index (κ3) is 3.92. The molecule has 0 aromatic carbocycles. The van der Waals surface area contributed by atoms with Gasteiger partial charge in [-0.15, -0.1) is 0 Å². The number of aromatic nitrogens is 5. The van der Waals surface area contributed by atoms with Crippen molar-refractivity contribution in [3.8, 4) is 28.7 Å². The summed E-state index contributed by atoms with van der Waals surface area (Å²) in [6.07, 6.45) is 1.86. The minimum Gasteiger partial charge on any atom is -0.481 e. The Kier molecular flexibility index (Phi) is 5.38. The predicted octanol–water partition coefficient (Wildman–Crippen LogP) is 2.39. The number of likely N-dealkylation sites (N-methyl/N-ethyl adjacent to an activating group) is 1. The van der Waals surface area contributed by atoms with Crippen LogP contribution < -0.4 is 10.1 Å². The Morgan fingerprint density at radius 1 is 1.06 bits per heavy atom. The fraction of sp³-hybridized carbons (Fsp3) is 0.217. The van der Waals surface area contributed by atoms with Crippen LogP contribution in [0.1, 0.15) is 12.2 Å². The first-order valence-corrected chi connectivity index (χ1v) is 10.5. The van der Waals surface area contributed by atoms with E-state index in [-0.39, 0.29) is 12.2 Å². The van der Waals surface area contributed by atoms with Crippen LogP contribution >= 0.6 is 0 Å². The number of ether oxygens (including phenoxy) is 1. The number of likely N-dealkylation sites (tertiary alicyclic amines) is 1. The minimum atomic E-state index is -1.71. The summed E-state index contributed by atoms with van der Waals surface area (Å²) in [7, 11) is 3.18. The molecule has 11 nitrogen and oxygen atoms in total. The van der Waals surface area contributed by atoms with Crippen molar-refractivity contribution in [2.45, 2.75) is 12.0 Å². The van der Waals surface area contributed by atoms with Gasteiger partial charge in [0.2, 0.25) is 17.4 Å². The third-order valence-electron chi connectivity index (χ3n) is 5.53. The molecule has 5 heterocycles. The van der Waals surface area contributed by atoms with E-state index in [1.54, 1.807) is 50.7 Å².